The fourth-order valence-corrected chi connectivity index (χ4v) is 2.63. The number of carbonyl (C=O) groups is 1. The number of benzene rings is 2. The third-order valence-corrected chi connectivity index (χ3v) is 4.09. The Morgan fingerprint density at radius 2 is 2.04 bits per heavy atom. The second-order valence-electron chi connectivity index (χ2n) is 6.15. The van der Waals surface area contributed by atoms with Crippen molar-refractivity contribution in [3.63, 3.8) is 0 Å². The number of oxazole rings is 1. The smallest absolute Gasteiger partial charge is 0.338 e. The number of urea groups is 1. The summed E-state index contributed by atoms with van der Waals surface area (Å²) < 4.78 is 25.3. The molecular weight excluding hydrogens is 365 g/mol. The molecule has 28 heavy (non-hydrogen) atoms. The molecule has 1 aromatic heterocycles. The zero-order chi connectivity index (χ0) is 20.1. The van der Waals surface area contributed by atoms with Crippen LogP contribution in [0.5, 0.6) is 5.75 Å². The summed E-state index contributed by atoms with van der Waals surface area (Å²) in [6.45, 7) is 1.82. The maximum absolute atomic E-state index is 14.2. The maximum Gasteiger partial charge on any atom is 0.338 e. The average Bonchev–Trinajstić information content (AvgIpc) is 3.05. The van der Waals surface area contributed by atoms with Crippen LogP contribution >= 0.6 is 0 Å². The van der Waals surface area contributed by atoms with Crippen molar-refractivity contribution in [3.8, 4) is 17.2 Å². The molecule has 2 aromatic carbocycles. The van der Waals surface area contributed by atoms with Crippen molar-refractivity contribution >= 4 is 6.03 Å². The Morgan fingerprint density at radius 1 is 1.29 bits per heavy atom. The Kier molecular flexibility index (Phi) is 5.90. The van der Waals surface area contributed by atoms with Gasteiger partial charge in [0.2, 0.25) is 5.89 Å². The van der Waals surface area contributed by atoms with Gasteiger partial charge < -0.3 is 14.9 Å². The van der Waals surface area contributed by atoms with Crippen LogP contribution in [0.15, 0.2) is 52.9 Å². The van der Waals surface area contributed by atoms with Crippen LogP contribution in [0.3, 0.4) is 0 Å². The molecule has 0 fully saturated rings. The number of ether oxygens (including phenoxy) is 1. The van der Waals surface area contributed by atoms with Gasteiger partial charge in [-0.3, -0.25) is 5.21 Å². The molecule has 3 rings (SSSR count). The Labute approximate surface area is 161 Å². The molecule has 0 saturated carbocycles. The summed E-state index contributed by atoms with van der Waals surface area (Å²) in [5, 5.41) is 9.61. The molecule has 0 radical (unpaired) electrons. The van der Waals surface area contributed by atoms with E-state index >= 15 is 0 Å². The molecular formula is C20H20FN3O4. The van der Waals surface area contributed by atoms with E-state index in [9.17, 15) is 14.4 Å². The SMILES string of the molecule is Cc1oc(-c2ccccc2)nc1CCOc1ccc(CN(O)C(N)=O)cc1F. The van der Waals surface area contributed by atoms with E-state index in [2.05, 4.69) is 4.98 Å². The highest BCUT2D eigenvalue weighted by Gasteiger charge is 2.13. The lowest BCUT2D eigenvalue weighted by molar-refractivity contribution is -0.0471. The van der Waals surface area contributed by atoms with Gasteiger partial charge in [-0.05, 0) is 36.8 Å². The first kappa shape index (κ1) is 19.4. The van der Waals surface area contributed by atoms with Gasteiger partial charge in [0.25, 0.3) is 0 Å². The molecule has 3 N–H and O–H groups in total. The molecule has 0 aliphatic carbocycles. The third kappa shape index (κ3) is 4.66. The first-order valence-corrected chi connectivity index (χ1v) is 8.63. The minimum Gasteiger partial charge on any atom is -0.490 e. The number of hydroxylamine groups is 2. The second-order valence-corrected chi connectivity index (χ2v) is 6.15. The molecule has 0 unspecified atom stereocenters. The molecule has 0 bridgehead atoms. The predicted octanol–water partition coefficient (Wildman–Crippen LogP) is 3.68. The lowest BCUT2D eigenvalue weighted by Gasteiger charge is -2.13. The summed E-state index contributed by atoms with van der Waals surface area (Å²) >= 11 is 0. The predicted molar refractivity (Wildman–Crippen MR) is 99.2 cm³/mol. The summed E-state index contributed by atoms with van der Waals surface area (Å²) in [7, 11) is 0. The monoisotopic (exact) mass is 385 g/mol. The van der Waals surface area contributed by atoms with Gasteiger partial charge in [-0.25, -0.2) is 19.2 Å². The fraction of sp³-hybridized carbons (Fsp3) is 0.200. The second kappa shape index (κ2) is 8.53. The minimum absolute atomic E-state index is 0.0664. The van der Waals surface area contributed by atoms with Crippen molar-refractivity contribution in [1.29, 1.82) is 0 Å². The normalized spacial score (nSPS) is 10.7. The highest BCUT2D eigenvalue weighted by molar-refractivity contribution is 5.70. The van der Waals surface area contributed by atoms with E-state index < -0.39 is 11.8 Å². The Morgan fingerprint density at radius 3 is 2.71 bits per heavy atom. The minimum atomic E-state index is -1.02. The number of amides is 2. The summed E-state index contributed by atoms with van der Waals surface area (Å²) in [5.41, 5.74) is 6.94. The van der Waals surface area contributed by atoms with Crippen LogP contribution in [-0.2, 0) is 13.0 Å². The topological polar surface area (TPSA) is 102 Å². The van der Waals surface area contributed by atoms with Crippen LogP contribution in [0.4, 0.5) is 9.18 Å². The number of hydrogen-bond donors (Lipinski definition) is 2. The van der Waals surface area contributed by atoms with Gasteiger partial charge in [0, 0.05) is 12.0 Å². The zero-order valence-electron chi connectivity index (χ0n) is 15.3. The van der Waals surface area contributed by atoms with Gasteiger partial charge >= 0.3 is 6.03 Å². The molecule has 0 aliphatic rings. The Hall–Kier alpha value is -3.39. The molecule has 2 amide bonds. The van der Waals surface area contributed by atoms with Crippen LogP contribution < -0.4 is 10.5 Å². The highest BCUT2D eigenvalue weighted by Crippen LogP contribution is 2.23. The van der Waals surface area contributed by atoms with E-state index in [0.717, 1.165) is 11.3 Å². The molecule has 8 heteroatoms. The van der Waals surface area contributed by atoms with Crippen LogP contribution in [0, 0.1) is 12.7 Å². The van der Waals surface area contributed by atoms with Crippen molar-refractivity contribution in [2.75, 3.05) is 6.61 Å². The van der Waals surface area contributed by atoms with Gasteiger partial charge in [0.05, 0.1) is 18.8 Å². The molecule has 3 aromatic rings. The number of halogens is 1. The van der Waals surface area contributed by atoms with Crippen molar-refractivity contribution in [1.82, 2.24) is 10.0 Å². The zero-order valence-corrected chi connectivity index (χ0v) is 15.3. The number of carbonyl (C=O) groups excluding carboxylic acids is 1. The van der Waals surface area contributed by atoms with Gasteiger partial charge in [-0.15, -0.1) is 0 Å². The number of primary amides is 1. The van der Waals surface area contributed by atoms with Crippen molar-refractivity contribution in [2.45, 2.75) is 19.9 Å². The summed E-state index contributed by atoms with van der Waals surface area (Å²) in [5.74, 6) is 0.688. The number of aromatic nitrogens is 1. The van der Waals surface area contributed by atoms with Gasteiger partial charge in [0.1, 0.15) is 5.76 Å². The molecule has 0 saturated heterocycles. The average molecular weight is 385 g/mol. The molecule has 0 atom stereocenters. The first-order chi connectivity index (χ1) is 13.4. The largest absolute Gasteiger partial charge is 0.490 e. The summed E-state index contributed by atoms with van der Waals surface area (Å²) in [6, 6.07) is 12.7. The van der Waals surface area contributed by atoms with Gasteiger partial charge in [-0.2, -0.15) is 0 Å². The number of rotatable bonds is 7. The molecule has 146 valence electrons. The highest BCUT2D eigenvalue weighted by atomic mass is 19.1. The van der Waals surface area contributed by atoms with Crippen molar-refractivity contribution in [3.05, 3.63) is 71.4 Å². The Balaban J connectivity index is 1.59. The van der Waals surface area contributed by atoms with Crippen LogP contribution in [-0.4, -0.2) is 27.9 Å². The van der Waals surface area contributed by atoms with Gasteiger partial charge in [0.15, 0.2) is 11.6 Å². The maximum atomic E-state index is 14.2. The summed E-state index contributed by atoms with van der Waals surface area (Å²) in [4.78, 5) is 15.3. The van der Waals surface area contributed by atoms with E-state index in [0.29, 0.717) is 28.7 Å². The molecule has 0 aliphatic heterocycles. The Bertz CT molecular complexity index is 959. The lowest BCUT2D eigenvalue weighted by Crippen LogP contribution is -2.32. The molecule has 1 heterocycles. The number of nitrogens with two attached hydrogens (primary N) is 1. The molecule has 7 nitrogen and oxygen atoms in total. The standard InChI is InChI=1S/C20H20FN3O4/c1-13-17(23-19(28-13)15-5-3-2-4-6-15)9-10-27-18-8-7-14(11-16(18)21)12-24(26)20(22)25/h2-8,11,26H,9-10,12H2,1H3,(H2,22,25). The number of aryl methyl sites for hydroxylation is 1. The van der Waals surface area contributed by atoms with Crippen molar-refractivity contribution < 1.29 is 23.5 Å². The fourth-order valence-electron chi connectivity index (χ4n) is 2.63. The van der Waals surface area contributed by atoms with E-state index in [1.807, 2.05) is 37.3 Å². The van der Waals surface area contributed by atoms with Crippen molar-refractivity contribution in [2.24, 2.45) is 5.73 Å². The van der Waals surface area contributed by atoms with E-state index in [1.54, 1.807) is 6.07 Å². The lowest BCUT2D eigenvalue weighted by atomic mass is 10.2. The van der Waals surface area contributed by atoms with Gasteiger partial charge in [-0.1, -0.05) is 24.3 Å². The quantitative estimate of drug-likeness (QED) is 0.477. The van der Waals surface area contributed by atoms with E-state index in [-0.39, 0.29) is 18.9 Å². The van der Waals surface area contributed by atoms with Crippen LogP contribution in [0.25, 0.3) is 11.5 Å². The van der Waals surface area contributed by atoms with Crippen LogP contribution in [0.1, 0.15) is 17.0 Å². The first-order valence-electron chi connectivity index (χ1n) is 8.63. The summed E-state index contributed by atoms with van der Waals surface area (Å²) in [6.07, 6.45) is 0.454. The number of nitrogens with zero attached hydrogens (tertiary/aromatic N) is 2. The van der Waals surface area contributed by atoms with E-state index in [4.69, 9.17) is 14.9 Å². The molecule has 0 spiro atoms. The van der Waals surface area contributed by atoms with E-state index in [1.165, 1.54) is 12.1 Å². The third-order valence-electron chi connectivity index (χ3n) is 4.09. The van der Waals surface area contributed by atoms with Crippen LogP contribution in [0.2, 0.25) is 0 Å². The number of hydrogen-bond acceptors (Lipinski definition) is 5.